The smallest absolute Gasteiger partial charge is 0.257 e. The van der Waals surface area contributed by atoms with E-state index in [1.807, 2.05) is 27.3 Å². The molecule has 0 spiro atoms. The van der Waals surface area contributed by atoms with Crippen LogP contribution in [-0.2, 0) is 13.6 Å². The molecule has 1 amide bonds. The molecular weight excluding hydrogens is 344 g/mol. The van der Waals surface area contributed by atoms with Crippen molar-refractivity contribution in [1.29, 1.82) is 0 Å². The maximum atomic E-state index is 12.8. The summed E-state index contributed by atoms with van der Waals surface area (Å²) >= 11 is 0. The zero-order valence-corrected chi connectivity index (χ0v) is 15.5. The third-order valence-electron chi connectivity index (χ3n) is 4.98. The van der Waals surface area contributed by atoms with Gasteiger partial charge in [-0.2, -0.15) is 0 Å². The fraction of sp³-hybridized carbons (Fsp3) is 0.444. The first-order chi connectivity index (χ1) is 13.1. The normalized spacial score (nSPS) is 17.3. The van der Waals surface area contributed by atoms with E-state index in [0.29, 0.717) is 24.5 Å². The molecule has 4 heterocycles. The summed E-state index contributed by atoms with van der Waals surface area (Å²) in [5.41, 5.74) is 0.528. The van der Waals surface area contributed by atoms with Crippen LogP contribution in [0.15, 0.2) is 31.1 Å². The second-order valence-corrected chi connectivity index (χ2v) is 6.88. The molecule has 0 bridgehead atoms. The number of likely N-dealkylation sites (tertiary alicyclic amines) is 1. The Morgan fingerprint density at radius 3 is 2.81 bits per heavy atom. The van der Waals surface area contributed by atoms with Crippen LogP contribution in [0.3, 0.4) is 0 Å². The molecule has 0 aliphatic carbocycles. The number of nitrogens with zero attached hydrogens (tertiary/aromatic N) is 8. The minimum Gasteiger partial charge on any atom is -0.338 e. The third kappa shape index (κ3) is 3.57. The number of carbonyl (C=O) groups excluding carboxylic acids is 1. The highest BCUT2D eigenvalue weighted by Gasteiger charge is 2.29. The van der Waals surface area contributed by atoms with Crippen LogP contribution in [0.25, 0.3) is 0 Å². The van der Waals surface area contributed by atoms with Gasteiger partial charge in [0.1, 0.15) is 11.6 Å². The molecule has 0 aromatic carbocycles. The van der Waals surface area contributed by atoms with Crippen molar-refractivity contribution in [1.82, 2.24) is 39.2 Å². The summed E-state index contributed by atoms with van der Waals surface area (Å²) in [6.07, 6.45) is 10.5. The Kier molecular flexibility index (Phi) is 4.66. The summed E-state index contributed by atoms with van der Waals surface area (Å²) in [7, 11) is 1.98. The molecule has 1 atom stereocenters. The highest BCUT2D eigenvalue weighted by atomic mass is 16.2. The van der Waals surface area contributed by atoms with Crippen molar-refractivity contribution in [2.75, 3.05) is 13.1 Å². The Bertz CT molecular complexity index is 916. The second kappa shape index (κ2) is 7.26. The molecule has 27 heavy (non-hydrogen) atoms. The number of amides is 1. The lowest BCUT2D eigenvalue weighted by molar-refractivity contribution is 0.0702. The molecule has 0 saturated carbocycles. The molecule has 1 fully saturated rings. The number of carbonyl (C=O) groups is 1. The van der Waals surface area contributed by atoms with Crippen LogP contribution < -0.4 is 0 Å². The van der Waals surface area contributed by atoms with Crippen molar-refractivity contribution >= 4 is 5.91 Å². The van der Waals surface area contributed by atoms with E-state index in [4.69, 9.17) is 0 Å². The number of hydrogen-bond acceptors (Lipinski definition) is 6. The summed E-state index contributed by atoms with van der Waals surface area (Å²) in [5, 5.41) is 8.76. The van der Waals surface area contributed by atoms with Gasteiger partial charge in [0, 0.05) is 50.8 Å². The molecule has 3 aromatic heterocycles. The molecule has 1 saturated heterocycles. The largest absolute Gasteiger partial charge is 0.338 e. The summed E-state index contributed by atoms with van der Waals surface area (Å²) in [6, 6.07) is 0. The first kappa shape index (κ1) is 17.3. The van der Waals surface area contributed by atoms with Crippen LogP contribution in [0.1, 0.15) is 46.6 Å². The second-order valence-electron chi connectivity index (χ2n) is 6.88. The molecule has 1 aliphatic heterocycles. The van der Waals surface area contributed by atoms with Crippen LogP contribution >= 0.6 is 0 Å². The van der Waals surface area contributed by atoms with Crippen LogP contribution in [0.4, 0.5) is 0 Å². The molecule has 1 unspecified atom stereocenters. The first-order valence-corrected chi connectivity index (χ1v) is 9.03. The third-order valence-corrected chi connectivity index (χ3v) is 4.98. The summed E-state index contributed by atoms with van der Waals surface area (Å²) in [5.74, 6) is 2.59. The zero-order valence-electron chi connectivity index (χ0n) is 15.5. The van der Waals surface area contributed by atoms with Gasteiger partial charge in [-0.25, -0.2) is 15.0 Å². The quantitative estimate of drug-likeness (QED) is 0.688. The molecule has 9 heteroatoms. The van der Waals surface area contributed by atoms with Crippen molar-refractivity contribution in [2.24, 2.45) is 7.05 Å². The van der Waals surface area contributed by atoms with Crippen molar-refractivity contribution in [3.05, 3.63) is 54.2 Å². The average Bonchev–Trinajstić information content (AvgIpc) is 3.33. The molecule has 0 radical (unpaired) electrons. The number of piperidine rings is 1. The van der Waals surface area contributed by atoms with Gasteiger partial charge in [-0.15, -0.1) is 10.2 Å². The van der Waals surface area contributed by atoms with Gasteiger partial charge in [0.15, 0.2) is 5.82 Å². The number of imidazole rings is 1. The van der Waals surface area contributed by atoms with Crippen molar-refractivity contribution < 1.29 is 4.79 Å². The Balaban J connectivity index is 1.49. The summed E-state index contributed by atoms with van der Waals surface area (Å²) < 4.78 is 4.00. The van der Waals surface area contributed by atoms with Gasteiger partial charge < -0.3 is 14.0 Å². The minimum atomic E-state index is -0.0273. The van der Waals surface area contributed by atoms with Crippen molar-refractivity contribution in [3.63, 3.8) is 0 Å². The van der Waals surface area contributed by atoms with Gasteiger partial charge in [-0.3, -0.25) is 4.79 Å². The van der Waals surface area contributed by atoms with E-state index in [1.54, 1.807) is 31.8 Å². The first-order valence-electron chi connectivity index (χ1n) is 9.03. The highest BCUT2D eigenvalue weighted by molar-refractivity contribution is 5.93. The van der Waals surface area contributed by atoms with Crippen LogP contribution in [0.2, 0.25) is 0 Å². The average molecular weight is 366 g/mol. The molecule has 4 rings (SSSR count). The molecule has 1 aliphatic rings. The van der Waals surface area contributed by atoms with E-state index < -0.39 is 0 Å². The zero-order chi connectivity index (χ0) is 18.8. The number of aromatic nitrogens is 7. The fourth-order valence-electron chi connectivity index (χ4n) is 3.47. The van der Waals surface area contributed by atoms with E-state index in [9.17, 15) is 4.79 Å². The Hall–Kier alpha value is -3.10. The number of rotatable bonds is 4. The SMILES string of the molecule is Cc1ncc(C(=O)N2CCCC(c3nnc(Cn4ccnc4)n3C)C2)cn1. The lowest BCUT2D eigenvalue weighted by Crippen LogP contribution is -2.39. The standard InChI is InChI=1S/C18H22N8O/c1-13-20-8-15(9-21-13)18(27)26-6-3-4-14(10-26)17-23-22-16(24(17)2)11-25-7-5-19-12-25/h5,7-9,12,14H,3-4,6,10-11H2,1-2H3. The minimum absolute atomic E-state index is 0.0273. The van der Waals surface area contributed by atoms with E-state index in [2.05, 4.69) is 25.1 Å². The Labute approximate surface area is 157 Å². The van der Waals surface area contributed by atoms with E-state index in [1.165, 1.54) is 0 Å². The molecular formula is C18H22N8O. The van der Waals surface area contributed by atoms with E-state index in [0.717, 1.165) is 31.0 Å². The topological polar surface area (TPSA) is 94.6 Å². The lowest BCUT2D eigenvalue weighted by Gasteiger charge is -2.32. The summed E-state index contributed by atoms with van der Waals surface area (Å²) in [6.45, 7) is 3.80. The van der Waals surface area contributed by atoms with Gasteiger partial charge in [0.05, 0.1) is 18.4 Å². The van der Waals surface area contributed by atoms with E-state index in [-0.39, 0.29) is 11.8 Å². The summed E-state index contributed by atoms with van der Waals surface area (Å²) in [4.78, 5) is 27.0. The predicted octanol–water partition coefficient (Wildman–Crippen LogP) is 1.18. The molecule has 9 nitrogen and oxygen atoms in total. The Morgan fingerprint density at radius 1 is 1.26 bits per heavy atom. The maximum Gasteiger partial charge on any atom is 0.257 e. The van der Waals surface area contributed by atoms with Crippen LogP contribution in [-0.4, -0.2) is 58.2 Å². The van der Waals surface area contributed by atoms with Crippen LogP contribution in [0.5, 0.6) is 0 Å². The van der Waals surface area contributed by atoms with Gasteiger partial charge in [-0.1, -0.05) is 0 Å². The highest BCUT2D eigenvalue weighted by Crippen LogP contribution is 2.26. The lowest BCUT2D eigenvalue weighted by atomic mass is 9.96. The van der Waals surface area contributed by atoms with Gasteiger partial charge >= 0.3 is 0 Å². The van der Waals surface area contributed by atoms with Gasteiger partial charge in [0.25, 0.3) is 5.91 Å². The van der Waals surface area contributed by atoms with Gasteiger partial charge in [-0.05, 0) is 19.8 Å². The number of hydrogen-bond donors (Lipinski definition) is 0. The van der Waals surface area contributed by atoms with E-state index >= 15 is 0 Å². The Morgan fingerprint density at radius 2 is 2.07 bits per heavy atom. The monoisotopic (exact) mass is 366 g/mol. The number of aryl methyl sites for hydroxylation is 1. The van der Waals surface area contributed by atoms with Crippen LogP contribution in [0, 0.1) is 6.92 Å². The van der Waals surface area contributed by atoms with Gasteiger partial charge in [0.2, 0.25) is 0 Å². The fourth-order valence-corrected chi connectivity index (χ4v) is 3.47. The molecule has 0 N–H and O–H groups in total. The molecule has 140 valence electrons. The van der Waals surface area contributed by atoms with Crippen molar-refractivity contribution in [3.8, 4) is 0 Å². The molecule has 3 aromatic rings. The van der Waals surface area contributed by atoms with Crippen molar-refractivity contribution in [2.45, 2.75) is 32.2 Å². The maximum absolute atomic E-state index is 12.8. The predicted molar refractivity (Wildman–Crippen MR) is 97.0 cm³/mol.